The average Bonchev–Trinajstić information content (AvgIpc) is 3.23. The molecule has 0 aliphatic rings. The molecule has 2 amide bonds. The van der Waals surface area contributed by atoms with Crippen molar-refractivity contribution >= 4 is 33.4 Å². The summed E-state index contributed by atoms with van der Waals surface area (Å²) in [4.78, 5) is 26.7. The van der Waals surface area contributed by atoms with E-state index in [0.717, 1.165) is 5.56 Å². The Morgan fingerprint density at radius 2 is 1.81 bits per heavy atom. The fourth-order valence-corrected chi connectivity index (χ4v) is 3.32. The Morgan fingerprint density at radius 1 is 1.03 bits per heavy atom. The number of likely N-dealkylation sites (N-methyl/N-ethyl adjacent to an activating group) is 1. The molecule has 3 rings (SSSR count). The molecule has 0 unspecified atom stereocenters. The maximum atomic E-state index is 12.8. The molecule has 1 N–H and O–H groups in total. The monoisotopic (exact) mass is 486 g/mol. The van der Waals surface area contributed by atoms with Gasteiger partial charge in [0.1, 0.15) is 0 Å². The van der Waals surface area contributed by atoms with Crippen LogP contribution in [0.4, 0.5) is 5.69 Å². The number of hydrogen-bond acceptors (Lipinski definition) is 5. The first-order valence-corrected chi connectivity index (χ1v) is 10.3. The molecule has 3 aromatic rings. The van der Waals surface area contributed by atoms with E-state index in [2.05, 4.69) is 21.2 Å². The molecule has 0 atom stereocenters. The summed E-state index contributed by atoms with van der Waals surface area (Å²) in [6.07, 6.45) is 0.659. The lowest BCUT2D eigenvalue weighted by Gasteiger charge is -2.18. The number of benzene rings is 2. The first-order valence-electron chi connectivity index (χ1n) is 9.54. The van der Waals surface area contributed by atoms with Gasteiger partial charge >= 0.3 is 0 Å². The summed E-state index contributed by atoms with van der Waals surface area (Å²) in [6, 6.07) is 15.7. The topological polar surface area (TPSA) is 81.0 Å². The summed E-state index contributed by atoms with van der Waals surface area (Å²) in [5, 5.41) is 2.74. The van der Waals surface area contributed by atoms with Crippen molar-refractivity contribution in [2.75, 3.05) is 33.1 Å². The summed E-state index contributed by atoms with van der Waals surface area (Å²) in [7, 11) is 4.93. The van der Waals surface area contributed by atoms with Crippen molar-refractivity contribution in [2.24, 2.45) is 0 Å². The minimum Gasteiger partial charge on any atom is -0.493 e. The number of carbonyl (C=O) groups is 2. The Hall–Kier alpha value is -3.26. The molecular weight excluding hydrogens is 464 g/mol. The third-order valence-electron chi connectivity index (χ3n) is 4.69. The number of rotatable bonds is 8. The van der Waals surface area contributed by atoms with Crippen molar-refractivity contribution in [3.63, 3.8) is 0 Å². The molecule has 0 radical (unpaired) electrons. The van der Waals surface area contributed by atoms with E-state index in [1.165, 1.54) is 0 Å². The third-order valence-corrected chi connectivity index (χ3v) is 5.12. The fraction of sp³-hybridized carbons (Fsp3) is 0.217. The standard InChI is InChI=1S/C23H23BrN2O5/c1-26(12-11-15-7-8-18(29-2)20(13-15)30-3)23(28)16-5-4-6-17(14-16)25-22(27)19-9-10-21(24)31-19/h4-10,13-14H,11-12H2,1-3H3,(H,25,27). The molecule has 2 aromatic carbocycles. The molecule has 0 saturated carbocycles. The fourth-order valence-electron chi connectivity index (χ4n) is 3.01. The van der Waals surface area contributed by atoms with E-state index >= 15 is 0 Å². The Balaban J connectivity index is 1.63. The normalized spacial score (nSPS) is 10.5. The highest BCUT2D eigenvalue weighted by Gasteiger charge is 2.15. The number of nitrogens with one attached hydrogen (secondary N) is 1. The van der Waals surface area contributed by atoms with Crippen LogP contribution in [-0.2, 0) is 6.42 Å². The molecule has 0 aliphatic heterocycles. The zero-order valence-electron chi connectivity index (χ0n) is 17.5. The van der Waals surface area contributed by atoms with Crippen molar-refractivity contribution in [1.29, 1.82) is 0 Å². The number of anilines is 1. The number of nitrogens with zero attached hydrogens (tertiary/aromatic N) is 1. The lowest BCUT2D eigenvalue weighted by molar-refractivity contribution is 0.0796. The van der Waals surface area contributed by atoms with E-state index in [1.807, 2.05) is 18.2 Å². The van der Waals surface area contributed by atoms with Crippen LogP contribution in [0.1, 0.15) is 26.5 Å². The molecule has 1 aromatic heterocycles. The van der Waals surface area contributed by atoms with Gasteiger partial charge in [-0.2, -0.15) is 0 Å². The molecule has 31 heavy (non-hydrogen) atoms. The number of amides is 2. The van der Waals surface area contributed by atoms with Gasteiger partial charge in [0.2, 0.25) is 0 Å². The number of methoxy groups -OCH3 is 2. The maximum absolute atomic E-state index is 12.8. The predicted octanol–water partition coefficient (Wildman–Crippen LogP) is 4.63. The minimum atomic E-state index is -0.392. The van der Waals surface area contributed by atoms with Gasteiger partial charge in [0.05, 0.1) is 14.2 Å². The van der Waals surface area contributed by atoms with Crippen molar-refractivity contribution < 1.29 is 23.5 Å². The molecule has 0 aliphatic carbocycles. The van der Waals surface area contributed by atoms with Crippen LogP contribution < -0.4 is 14.8 Å². The van der Waals surface area contributed by atoms with Gasteiger partial charge < -0.3 is 24.1 Å². The minimum absolute atomic E-state index is 0.141. The van der Waals surface area contributed by atoms with E-state index in [9.17, 15) is 9.59 Å². The second kappa shape index (κ2) is 10.2. The highest BCUT2D eigenvalue weighted by Crippen LogP contribution is 2.27. The largest absolute Gasteiger partial charge is 0.493 e. The zero-order chi connectivity index (χ0) is 22.4. The number of hydrogen-bond donors (Lipinski definition) is 1. The number of carbonyl (C=O) groups excluding carboxylic acids is 2. The smallest absolute Gasteiger partial charge is 0.291 e. The third kappa shape index (κ3) is 5.67. The second-order valence-electron chi connectivity index (χ2n) is 6.80. The predicted molar refractivity (Wildman–Crippen MR) is 121 cm³/mol. The SMILES string of the molecule is COc1ccc(CCN(C)C(=O)c2cccc(NC(=O)c3ccc(Br)o3)c2)cc1OC. The van der Waals surface area contributed by atoms with Gasteiger partial charge in [0, 0.05) is 24.8 Å². The van der Waals surface area contributed by atoms with Crippen molar-refractivity contribution in [2.45, 2.75) is 6.42 Å². The Morgan fingerprint density at radius 3 is 2.48 bits per heavy atom. The van der Waals surface area contributed by atoms with E-state index in [1.54, 1.807) is 62.6 Å². The van der Waals surface area contributed by atoms with E-state index < -0.39 is 5.91 Å². The van der Waals surface area contributed by atoms with Crippen LogP contribution in [-0.4, -0.2) is 44.5 Å². The van der Waals surface area contributed by atoms with Gasteiger partial charge in [-0.15, -0.1) is 0 Å². The number of furan rings is 1. The quantitative estimate of drug-likeness (QED) is 0.502. The van der Waals surface area contributed by atoms with Crippen LogP contribution in [0.5, 0.6) is 11.5 Å². The average molecular weight is 487 g/mol. The van der Waals surface area contributed by atoms with Gasteiger partial charge in [-0.05, 0) is 70.4 Å². The van der Waals surface area contributed by atoms with E-state index in [-0.39, 0.29) is 11.7 Å². The van der Waals surface area contributed by atoms with E-state index in [4.69, 9.17) is 13.9 Å². The van der Waals surface area contributed by atoms with Crippen molar-refractivity contribution in [3.05, 3.63) is 76.2 Å². The molecule has 162 valence electrons. The van der Waals surface area contributed by atoms with Crippen LogP contribution in [0.15, 0.2) is 63.7 Å². The molecule has 1 heterocycles. The summed E-state index contributed by atoms with van der Waals surface area (Å²) in [5.41, 5.74) is 2.02. The van der Waals surface area contributed by atoms with E-state index in [0.29, 0.717) is 40.4 Å². The summed E-state index contributed by atoms with van der Waals surface area (Å²) >= 11 is 3.17. The van der Waals surface area contributed by atoms with Crippen LogP contribution >= 0.6 is 15.9 Å². The van der Waals surface area contributed by atoms with Crippen molar-refractivity contribution in [3.8, 4) is 11.5 Å². The summed E-state index contributed by atoms with van der Waals surface area (Å²) in [6.45, 7) is 0.519. The highest BCUT2D eigenvalue weighted by atomic mass is 79.9. The lowest BCUT2D eigenvalue weighted by atomic mass is 10.1. The molecule has 0 fully saturated rings. The van der Waals surface area contributed by atoms with Gasteiger partial charge in [0.15, 0.2) is 21.9 Å². The molecule has 0 spiro atoms. The Labute approximate surface area is 189 Å². The molecule has 0 saturated heterocycles. The van der Waals surface area contributed by atoms with Crippen molar-refractivity contribution in [1.82, 2.24) is 4.90 Å². The Kier molecular flexibility index (Phi) is 7.36. The second-order valence-corrected chi connectivity index (χ2v) is 7.59. The molecular formula is C23H23BrN2O5. The highest BCUT2D eigenvalue weighted by molar-refractivity contribution is 9.10. The molecule has 0 bridgehead atoms. The zero-order valence-corrected chi connectivity index (χ0v) is 19.1. The number of halogens is 1. The van der Waals surface area contributed by atoms with Crippen LogP contribution in [0, 0.1) is 0 Å². The van der Waals surface area contributed by atoms with Crippen LogP contribution in [0.3, 0.4) is 0 Å². The molecule has 7 nitrogen and oxygen atoms in total. The molecule has 8 heteroatoms. The van der Waals surface area contributed by atoms with Crippen LogP contribution in [0.2, 0.25) is 0 Å². The lowest BCUT2D eigenvalue weighted by Crippen LogP contribution is -2.29. The summed E-state index contributed by atoms with van der Waals surface area (Å²) in [5.74, 6) is 0.961. The van der Waals surface area contributed by atoms with Crippen LogP contribution in [0.25, 0.3) is 0 Å². The Bertz CT molecular complexity index is 1080. The van der Waals surface area contributed by atoms with Gasteiger partial charge in [-0.25, -0.2) is 0 Å². The summed E-state index contributed by atoms with van der Waals surface area (Å²) < 4.78 is 16.3. The van der Waals surface area contributed by atoms with Gasteiger partial charge in [-0.1, -0.05) is 12.1 Å². The first kappa shape index (κ1) is 22.4. The number of ether oxygens (including phenoxy) is 2. The maximum Gasteiger partial charge on any atom is 0.291 e. The van der Waals surface area contributed by atoms with Gasteiger partial charge in [0.25, 0.3) is 11.8 Å². The first-order chi connectivity index (χ1) is 14.9. The van der Waals surface area contributed by atoms with Gasteiger partial charge in [-0.3, -0.25) is 9.59 Å².